The highest BCUT2D eigenvalue weighted by Gasteiger charge is 2.30. The molecule has 0 saturated carbocycles. The Morgan fingerprint density at radius 3 is 0.701 bits per heavy atom. The van der Waals surface area contributed by atoms with E-state index in [2.05, 4.69) is 34.6 Å². The first-order chi connectivity index (χ1) is 47.0. The minimum absolute atomic E-state index is 0.107. The van der Waals surface area contributed by atoms with Crippen molar-refractivity contribution in [2.45, 2.75) is 432 Å². The number of esters is 4. The summed E-state index contributed by atoms with van der Waals surface area (Å²) >= 11 is 0. The SMILES string of the molecule is CCCCCCCCCCCCCCCCCCCCCCCCC(=O)O[C@H](COC(=O)CCCCCCCCCCCCCCCC(C)C)COP(=O)(O)OC[C@@H](O)COP(=O)(O)OC[C@@H](COC(=O)CCCCCCCCCCC)OC(=O)CCCCCCCCCCCC. The maximum absolute atomic E-state index is 13.1. The summed E-state index contributed by atoms with van der Waals surface area (Å²) in [6.07, 6.45) is 61.2. The summed E-state index contributed by atoms with van der Waals surface area (Å²) in [5.41, 5.74) is 0. The second kappa shape index (κ2) is 71.1. The van der Waals surface area contributed by atoms with Crippen LogP contribution in [-0.2, 0) is 65.4 Å². The summed E-state index contributed by atoms with van der Waals surface area (Å²) in [6.45, 7) is 7.29. The van der Waals surface area contributed by atoms with E-state index < -0.39 is 97.5 Å². The van der Waals surface area contributed by atoms with Crippen molar-refractivity contribution in [2.75, 3.05) is 39.6 Å². The zero-order valence-electron chi connectivity index (χ0n) is 63.2. The van der Waals surface area contributed by atoms with Gasteiger partial charge in [0.1, 0.15) is 19.3 Å². The molecule has 19 heteroatoms. The quantitative estimate of drug-likeness (QED) is 0.0222. The number of carbonyl (C=O) groups excluding carboxylic acids is 4. The number of rotatable bonds is 78. The number of hydrogen-bond acceptors (Lipinski definition) is 15. The van der Waals surface area contributed by atoms with Gasteiger partial charge in [-0.15, -0.1) is 0 Å². The van der Waals surface area contributed by atoms with Gasteiger partial charge in [0.15, 0.2) is 12.2 Å². The van der Waals surface area contributed by atoms with E-state index >= 15 is 0 Å². The number of unbranched alkanes of at least 4 members (excludes halogenated alkanes) is 50. The summed E-state index contributed by atoms with van der Waals surface area (Å²) in [6, 6.07) is 0. The molecule has 0 spiro atoms. The Morgan fingerprint density at radius 1 is 0.278 bits per heavy atom. The van der Waals surface area contributed by atoms with Crippen LogP contribution in [0.1, 0.15) is 413 Å². The molecule has 5 atom stereocenters. The van der Waals surface area contributed by atoms with Gasteiger partial charge in [0.2, 0.25) is 0 Å². The number of phosphoric ester groups is 2. The normalized spacial score (nSPS) is 13.9. The molecule has 17 nitrogen and oxygen atoms in total. The van der Waals surface area contributed by atoms with Crippen LogP contribution in [-0.4, -0.2) is 96.7 Å². The molecule has 0 aliphatic heterocycles. The van der Waals surface area contributed by atoms with Crippen molar-refractivity contribution in [1.82, 2.24) is 0 Å². The average Bonchev–Trinajstić information content (AvgIpc) is 1.14. The molecule has 0 aromatic heterocycles. The van der Waals surface area contributed by atoms with Gasteiger partial charge in [-0.25, -0.2) is 9.13 Å². The predicted octanol–water partition coefficient (Wildman–Crippen LogP) is 23.3. The van der Waals surface area contributed by atoms with Gasteiger partial charge in [-0.3, -0.25) is 37.3 Å². The van der Waals surface area contributed by atoms with E-state index in [0.717, 1.165) is 95.8 Å². The van der Waals surface area contributed by atoms with E-state index in [9.17, 15) is 43.2 Å². The third kappa shape index (κ3) is 72.2. The fourth-order valence-electron chi connectivity index (χ4n) is 12.1. The van der Waals surface area contributed by atoms with Crippen LogP contribution in [0.2, 0.25) is 0 Å². The minimum atomic E-state index is -4.96. The average molecular weight is 1420 g/mol. The molecule has 0 amide bonds. The Kier molecular flexibility index (Phi) is 69.6. The molecule has 0 rings (SSSR count). The molecule has 0 radical (unpaired) electrons. The summed E-state index contributed by atoms with van der Waals surface area (Å²) in [5, 5.41) is 10.6. The lowest BCUT2D eigenvalue weighted by molar-refractivity contribution is -0.161. The second-order valence-corrected chi connectivity index (χ2v) is 31.5. The maximum atomic E-state index is 13.1. The third-order valence-electron chi connectivity index (χ3n) is 18.3. The highest BCUT2D eigenvalue weighted by Crippen LogP contribution is 2.45. The zero-order valence-corrected chi connectivity index (χ0v) is 65.0. The Morgan fingerprint density at radius 2 is 0.474 bits per heavy atom. The number of aliphatic hydroxyl groups excluding tert-OH is 1. The van der Waals surface area contributed by atoms with Crippen LogP contribution in [0.15, 0.2) is 0 Å². The topological polar surface area (TPSA) is 237 Å². The third-order valence-corrected chi connectivity index (χ3v) is 20.2. The summed E-state index contributed by atoms with van der Waals surface area (Å²) in [5.74, 6) is -1.32. The van der Waals surface area contributed by atoms with E-state index in [4.69, 9.17) is 37.0 Å². The first kappa shape index (κ1) is 95.1. The molecule has 576 valence electrons. The van der Waals surface area contributed by atoms with Gasteiger partial charge in [0.05, 0.1) is 26.4 Å². The highest BCUT2D eigenvalue weighted by atomic mass is 31.2. The number of hydrogen-bond donors (Lipinski definition) is 3. The molecule has 97 heavy (non-hydrogen) atoms. The van der Waals surface area contributed by atoms with E-state index in [-0.39, 0.29) is 25.7 Å². The molecule has 0 fully saturated rings. The van der Waals surface area contributed by atoms with Crippen molar-refractivity contribution in [3.8, 4) is 0 Å². The summed E-state index contributed by atoms with van der Waals surface area (Å²) in [7, 11) is -9.91. The van der Waals surface area contributed by atoms with Crippen LogP contribution >= 0.6 is 15.6 Å². The molecule has 0 aliphatic carbocycles. The van der Waals surface area contributed by atoms with Crippen molar-refractivity contribution in [1.29, 1.82) is 0 Å². The van der Waals surface area contributed by atoms with E-state index in [0.29, 0.717) is 25.7 Å². The second-order valence-electron chi connectivity index (χ2n) is 28.6. The molecule has 0 saturated heterocycles. The molecule has 0 aromatic rings. The Balaban J connectivity index is 5.17. The number of aliphatic hydroxyl groups is 1. The maximum Gasteiger partial charge on any atom is 0.472 e. The van der Waals surface area contributed by atoms with Gasteiger partial charge in [-0.2, -0.15) is 0 Å². The molecule has 0 heterocycles. The van der Waals surface area contributed by atoms with E-state index in [1.807, 2.05) is 0 Å². The lowest BCUT2D eigenvalue weighted by atomic mass is 10.0. The first-order valence-corrected chi connectivity index (χ1v) is 43.6. The van der Waals surface area contributed by atoms with Crippen molar-refractivity contribution < 1.29 is 80.2 Å². The Hall–Kier alpha value is -1.94. The van der Waals surface area contributed by atoms with Gasteiger partial charge in [0, 0.05) is 25.7 Å². The molecule has 2 unspecified atom stereocenters. The van der Waals surface area contributed by atoms with Crippen LogP contribution in [0, 0.1) is 5.92 Å². The largest absolute Gasteiger partial charge is 0.472 e. The van der Waals surface area contributed by atoms with Crippen molar-refractivity contribution in [2.24, 2.45) is 5.92 Å². The molecular weight excluding hydrogens is 1270 g/mol. The smallest absolute Gasteiger partial charge is 0.462 e. The van der Waals surface area contributed by atoms with Gasteiger partial charge < -0.3 is 33.8 Å². The van der Waals surface area contributed by atoms with Crippen LogP contribution in [0.25, 0.3) is 0 Å². The summed E-state index contributed by atoms with van der Waals surface area (Å²) in [4.78, 5) is 72.8. The van der Waals surface area contributed by atoms with Gasteiger partial charge in [0.25, 0.3) is 0 Å². The Bertz CT molecular complexity index is 1860. The van der Waals surface area contributed by atoms with Crippen LogP contribution in [0.5, 0.6) is 0 Å². The van der Waals surface area contributed by atoms with Crippen molar-refractivity contribution in [3.05, 3.63) is 0 Å². The zero-order chi connectivity index (χ0) is 71.2. The molecule has 3 N–H and O–H groups in total. The van der Waals surface area contributed by atoms with Crippen molar-refractivity contribution >= 4 is 39.5 Å². The fraction of sp³-hybridized carbons (Fsp3) is 0.949. The molecule has 0 aliphatic rings. The highest BCUT2D eigenvalue weighted by molar-refractivity contribution is 7.47. The van der Waals surface area contributed by atoms with Gasteiger partial charge >= 0.3 is 39.5 Å². The van der Waals surface area contributed by atoms with Gasteiger partial charge in [-0.1, -0.05) is 362 Å². The molecule has 0 bridgehead atoms. The van der Waals surface area contributed by atoms with Crippen LogP contribution in [0.4, 0.5) is 0 Å². The monoisotopic (exact) mass is 1420 g/mol. The van der Waals surface area contributed by atoms with Crippen LogP contribution < -0.4 is 0 Å². The first-order valence-electron chi connectivity index (χ1n) is 40.6. The number of phosphoric acid groups is 2. The lowest BCUT2D eigenvalue weighted by Crippen LogP contribution is -2.30. The number of ether oxygens (including phenoxy) is 4. The van der Waals surface area contributed by atoms with Crippen molar-refractivity contribution in [3.63, 3.8) is 0 Å². The minimum Gasteiger partial charge on any atom is -0.462 e. The lowest BCUT2D eigenvalue weighted by Gasteiger charge is -2.21. The Labute approximate surface area is 594 Å². The van der Waals surface area contributed by atoms with E-state index in [1.165, 1.54) is 238 Å². The molecular formula is C78H152O17P2. The summed E-state index contributed by atoms with van der Waals surface area (Å²) < 4.78 is 68.5. The molecule has 0 aromatic carbocycles. The van der Waals surface area contributed by atoms with E-state index in [1.54, 1.807) is 0 Å². The number of carbonyl (C=O) groups is 4. The van der Waals surface area contributed by atoms with Crippen LogP contribution in [0.3, 0.4) is 0 Å². The van der Waals surface area contributed by atoms with Gasteiger partial charge in [-0.05, 0) is 31.6 Å². The fourth-order valence-corrected chi connectivity index (χ4v) is 13.6. The standard InChI is InChI=1S/C78H152O17P2/c1-6-9-12-15-18-21-23-24-25-26-27-28-29-30-31-32-35-39-44-49-54-59-64-78(83)95-74(68-89-76(81)62-57-52-47-43-38-36-33-34-37-41-45-50-55-60-71(4)5)70-93-97(86,87)91-66-72(79)65-90-96(84,85)92-69-73(67-88-75(80)61-56-51-46-40-20-17-14-11-8-3)94-77(82)63-58-53-48-42-22-19-16-13-10-7-2/h71-74,79H,6-70H2,1-5H3,(H,84,85)(H,86,87)/t72-,73+,74+/m0/s1. The predicted molar refractivity (Wildman–Crippen MR) is 395 cm³/mol.